The van der Waals surface area contributed by atoms with Crippen LogP contribution in [-0.4, -0.2) is 73.9 Å². The summed E-state index contributed by atoms with van der Waals surface area (Å²) in [6, 6.07) is 9.74. The Balaban J connectivity index is 0.000000520. The fraction of sp³-hybridized carbons (Fsp3) is 0.643. The summed E-state index contributed by atoms with van der Waals surface area (Å²) in [5.74, 6) is -0.691. The van der Waals surface area contributed by atoms with Gasteiger partial charge in [-0.3, -0.25) is 14.4 Å². The summed E-state index contributed by atoms with van der Waals surface area (Å²) in [7, 11) is 1.47. The Morgan fingerprint density at radius 3 is 2.23 bits per heavy atom. The molecule has 1 saturated carbocycles. The molecule has 1 unspecified atom stereocenters. The number of thiocarbonyl (C=S) groups is 1. The summed E-state index contributed by atoms with van der Waals surface area (Å²) >= 11 is 8.49. The molecule has 12 heteroatoms. The minimum atomic E-state index is -1.22. The average molecular weight is 617 g/mol. The summed E-state index contributed by atoms with van der Waals surface area (Å²) in [5.41, 5.74) is 8.65. The molecule has 1 amide bonds. The second-order valence-electron chi connectivity index (χ2n) is 10.9. The van der Waals surface area contributed by atoms with Gasteiger partial charge in [-0.1, -0.05) is 49.5 Å². The van der Waals surface area contributed by atoms with Crippen molar-refractivity contribution < 1.29 is 34.2 Å². The number of nitrogens with two attached hydrogens (primary N) is 1. The largest absolute Gasteiger partial charge is 0.453 e. The fourth-order valence-electron chi connectivity index (χ4n) is 4.83. The Bertz CT molecular complexity index is 997. The third-order valence-electron chi connectivity index (χ3n) is 6.85. The van der Waals surface area contributed by atoms with Gasteiger partial charge < -0.3 is 20.7 Å². The van der Waals surface area contributed by atoms with Crippen molar-refractivity contribution in [3.63, 3.8) is 0 Å². The molecule has 1 aromatic carbocycles. The SMILES string of the molecule is CC(N)C(=O)[C@@H](C)OC(=O)[C@@H](C)O.CONC(=O)C1(C(C)(C)SC(=S)SCCO)CC(C)(Cc2ccccc2)C1. The molecule has 1 aliphatic carbocycles. The first-order valence-electron chi connectivity index (χ1n) is 13.1. The Hall–Kier alpha value is -1.54. The van der Waals surface area contributed by atoms with E-state index in [4.69, 9.17) is 33.0 Å². The first-order chi connectivity index (χ1) is 18.5. The number of esters is 1. The highest BCUT2D eigenvalue weighted by Crippen LogP contribution is 2.64. The number of nitrogens with one attached hydrogen (secondary N) is 1. The van der Waals surface area contributed by atoms with Gasteiger partial charge >= 0.3 is 5.97 Å². The number of ether oxygens (including phenoxy) is 1. The number of benzene rings is 1. The maximum atomic E-state index is 13.0. The predicted octanol–water partition coefficient (Wildman–Crippen LogP) is 3.43. The zero-order chi connectivity index (χ0) is 30.7. The van der Waals surface area contributed by atoms with Crippen LogP contribution in [0, 0.1) is 10.8 Å². The lowest BCUT2D eigenvalue weighted by Crippen LogP contribution is -2.63. The van der Waals surface area contributed by atoms with Crippen LogP contribution in [0.25, 0.3) is 0 Å². The molecule has 1 fully saturated rings. The van der Waals surface area contributed by atoms with Crippen LogP contribution < -0.4 is 11.2 Å². The van der Waals surface area contributed by atoms with E-state index >= 15 is 0 Å². The van der Waals surface area contributed by atoms with Gasteiger partial charge in [0.25, 0.3) is 5.91 Å². The highest BCUT2D eigenvalue weighted by molar-refractivity contribution is 8.47. The zero-order valence-electron chi connectivity index (χ0n) is 24.4. The van der Waals surface area contributed by atoms with Crippen LogP contribution >= 0.6 is 35.7 Å². The molecule has 1 aliphatic rings. The van der Waals surface area contributed by atoms with Crippen molar-refractivity contribution in [3.8, 4) is 0 Å². The van der Waals surface area contributed by atoms with E-state index in [0.717, 1.165) is 22.8 Å². The Labute approximate surface area is 251 Å². The molecule has 9 nitrogen and oxygen atoms in total. The van der Waals surface area contributed by atoms with Crippen molar-refractivity contribution in [2.45, 2.75) is 83.8 Å². The number of aliphatic hydroxyl groups excluding tert-OH is 2. The molecule has 0 spiro atoms. The lowest BCUT2D eigenvalue weighted by molar-refractivity contribution is -0.161. The fourth-order valence-corrected chi connectivity index (χ4v) is 7.93. The first-order valence-corrected chi connectivity index (χ1v) is 15.3. The van der Waals surface area contributed by atoms with Crippen molar-refractivity contribution >= 4 is 56.9 Å². The molecule has 0 aliphatic heterocycles. The van der Waals surface area contributed by atoms with Crippen molar-refractivity contribution in [1.82, 2.24) is 5.48 Å². The highest BCUT2D eigenvalue weighted by Gasteiger charge is 2.64. The molecule has 2 rings (SSSR count). The third kappa shape index (κ3) is 10.4. The van der Waals surface area contributed by atoms with Gasteiger partial charge in [0, 0.05) is 10.5 Å². The summed E-state index contributed by atoms with van der Waals surface area (Å²) < 4.78 is 4.99. The average Bonchev–Trinajstić information content (AvgIpc) is 2.85. The summed E-state index contributed by atoms with van der Waals surface area (Å²) in [5, 5.41) is 17.8. The molecule has 0 saturated heterocycles. The van der Waals surface area contributed by atoms with Crippen molar-refractivity contribution in [1.29, 1.82) is 0 Å². The van der Waals surface area contributed by atoms with Crippen LogP contribution in [0.5, 0.6) is 0 Å². The van der Waals surface area contributed by atoms with Gasteiger partial charge in [0.05, 0.1) is 25.2 Å². The molecular weight excluding hydrogens is 573 g/mol. The summed E-state index contributed by atoms with van der Waals surface area (Å²) in [6.07, 6.45) is 0.375. The number of hydrogen-bond donors (Lipinski definition) is 4. The van der Waals surface area contributed by atoms with E-state index in [0.29, 0.717) is 5.75 Å². The van der Waals surface area contributed by atoms with Crippen LogP contribution in [0.4, 0.5) is 0 Å². The minimum Gasteiger partial charge on any atom is -0.453 e. The van der Waals surface area contributed by atoms with E-state index < -0.39 is 29.6 Å². The van der Waals surface area contributed by atoms with Gasteiger partial charge in [-0.05, 0) is 64.9 Å². The van der Waals surface area contributed by atoms with E-state index in [9.17, 15) is 14.4 Å². The van der Waals surface area contributed by atoms with Crippen molar-refractivity contribution in [3.05, 3.63) is 35.9 Å². The maximum absolute atomic E-state index is 13.0. The molecule has 40 heavy (non-hydrogen) atoms. The Morgan fingerprint density at radius 2 is 1.75 bits per heavy atom. The number of amides is 1. The van der Waals surface area contributed by atoms with E-state index in [1.807, 2.05) is 6.07 Å². The minimum absolute atomic E-state index is 0.0596. The number of rotatable bonds is 12. The van der Waals surface area contributed by atoms with Crippen LogP contribution in [0.15, 0.2) is 30.3 Å². The molecule has 0 radical (unpaired) electrons. The molecule has 0 aromatic heterocycles. The van der Waals surface area contributed by atoms with Gasteiger partial charge in [-0.25, -0.2) is 10.3 Å². The molecule has 0 bridgehead atoms. The number of carbonyl (C=O) groups is 3. The maximum Gasteiger partial charge on any atom is 0.335 e. The smallest absolute Gasteiger partial charge is 0.335 e. The second-order valence-corrected chi connectivity index (χ2v) is 14.8. The number of thioether (sulfide) groups is 2. The quantitative estimate of drug-likeness (QED) is 0.156. The monoisotopic (exact) mass is 616 g/mol. The standard InChI is InChI=1S/C20H29NO3S3.C8H15NO4/c1-18(2,27-17(25)26-11-10-22)20(16(23)21-24-4)13-19(3,14-20)12-15-8-6-5-7-9-15;1-4(9)7(11)6(3)13-8(12)5(2)10/h5-9,22H,10-14H2,1-4H3,(H,21,23);4-6,10H,9H2,1-3H3/t;4?,5-,6-/m.1/s1. The van der Waals surface area contributed by atoms with Crippen molar-refractivity contribution in [2.75, 3.05) is 19.5 Å². The molecule has 1 aromatic rings. The Morgan fingerprint density at radius 1 is 1.18 bits per heavy atom. The predicted molar refractivity (Wildman–Crippen MR) is 165 cm³/mol. The van der Waals surface area contributed by atoms with E-state index in [1.54, 1.807) is 11.8 Å². The first kappa shape index (κ1) is 36.5. The summed E-state index contributed by atoms with van der Waals surface area (Å²) in [6.45, 7) is 10.7. The van der Waals surface area contributed by atoms with Gasteiger partial charge in [0.2, 0.25) is 0 Å². The van der Waals surface area contributed by atoms with Crippen molar-refractivity contribution in [2.24, 2.45) is 16.6 Å². The van der Waals surface area contributed by atoms with Gasteiger partial charge in [0.15, 0.2) is 11.9 Å². The van der Waals surface area contributed by atoms with Crippen LogP contribution in [0.3, 0.4) is 0 Å². The third-order valence-corrected chi connectivity index (χ3v) is 9.74. The molecular formula is C28H44N2O7S3. The number of aliphatic hydroxyl groups is 2. The molecule has 226 valence electrons. The van der Waals surface area contributed by atoms with Crippen LogP contribution in [0.1, 0.15) is 59.9 Å². The van der Waals surface area contributed by atoms with Crippen LogP contribution in [-0.2, 0) is 30.4 Å². The number of carbonyl (C=O) groups excluding carboxylic acids is 3. The lowest BCUT2D eigenvalue weighted by atomic mass is 9.47. The Kier molecular flexibility index (Phi) is 14.8. The lowest BCUT2D eigenvalue weighted by Gasteiger charge is -2.60. The van der Waals surface area contributed by atoms with Gasteiger partial charge in [-0.2, -0.15) is 0 Å². The van der Waals surface area contributed by atoms with Gasteiger partial charge in [0.1, 0.15) is 9.63 Å². The van der Waals surface area contributed by atoms with Crippen LogP contribution in [0.2, 0.25) is 0 Å². The number of Topliss-reactive ketones (excluding diaryl/α,β-unsaturated/α-hetero) is 1. The number of ketones is 1. The normalized spacial score (nSPS) is 22.4. The molecule has 3 atom stereocenters. The van der Waals surface area contributed by atoms with Gasteiger partial charge in [-0.15, -0.1) is 23.5 Å². The summed E-state index contributed by atoms with van der Waals surface area (Å²) in [4.78, 5) is 39.9. The topological polar surface area (TPSA) is 148 Å². The second kappa shape index (κ2) is 16.2. The zero-order valence-corrected chi connectivity index (χ0v) is 26.8. The van der Waals surface area contributed by atoms with E-state index in [-0.39, 0.29) is 28.5 Å². The highest BCUT2D eigenvalue weighted by atomic mass is 32.2. The van der Waals surface area contributed by atoms with E-state index in [2.05, 4.69) is 55.3 Å². The number of hydrogen-bond acceptors (Lipinski definition) is 11. The molecule has 5 N–H and O–H groups in total. The number of hydroxylamine groups is 1. The van der Waals surface area contributed by atoms with E-state index in [1.165, 1.54) is 45.2 Å². The molecule has 0 heterocycles.